The average molecular weight is 541 g/mol. The molecule has 4 N–H and O–H groups in total. The number of carboxylic acid groups (broad SMARTS) is 2. The van der Waals surface area contributed by atoms with Gasteiger partial charge in [-0.1, -0.05) is 13.3 Å². The molecule has 0 bridgehead atoms. The van der Waals surface area contributed by atoms with Crippen LogP contribution in [0.25, 0.3) is 0 Å². The molecule has 0 atom stereocenters. The van der Waals surface area contributed by atoms with Crippen LogP contribution in [0.15, 0.2) is 18.2 Å². The number of carboxylic acids is 2. The van der Waals surface area contributed by atoms with Crippen LogP contribution < -0.4 is 14.9 Å². The van der Waals surface area contributed by atoms with Crippen molar-refractivity contribution < 1.29 is 46.2 Å². The highest BCUT2D eigenvalue weighted by molar-refractivity contribution is 7.92. The van der Waals surface area contributed by atoms with Crippen LogP contribution in [0, 0.1) is 0 Å². The van der Waals surface area contributed by atoms with Crippen LogP contribution in [0.3, 0.4) is 0 Å². The summed E-state index contributed by atoms with van der Waals surface area (Å²) in [6, 6.07) is 4.69. The fraction of sp³-hybridized carbons (Fsp3) is 0.571. The first kappa shape index (κ1) is 31.0. The number of rotatable bonds is 10. The first-order valence-electron chi connectivity index (χ1n) is 11.1. The molecular formula is C21H31F3N4O7S. The minimum atomic E-state index is -5.08. The summed E-state index contributed by atoms with van der Waals surface area (Å²) in [7, 11) is -3.57. The molecule has 36 heavy (non-hydrogen) atoms. The number of carbonyl (C=O) groups is 3. The third-order valence-electron chi connectivity index (χ3n) is 5.08. The standard InChI is InChI=1S/C19H30N4O5S.C2HF3O2/c1-3-5-8-20-18(24)14-22-9-11-23(12-10-22)15-6-7-17(16(13-15)19(25)26)21-29(27,28)4-2;3-2(4,5)1(6)7/h6-7,13,21H,3-5,8-12,14H2,1-2H3,(H,20,24)(H,25,26);(H,6,7). The lowest BCUT2D eigenvalue weighted by Gasteiger charge is -2.36. The third kappa shape index (κ3) is 10.7. The molecule has 0 spiro atoms. The topological polar surface area (TPSA) is 156 Å². The summed E-state index contributed by atoms with van der Waals surface area (Å²) in [6.45, 7) is 7.30. The Kier molecular flexibility index (Phi) is 11.9. The van der Waals surface area contributed by atoms with Crippen molar-refractivity contribution in [1.82, 2.24) is 10.2 Å². The molecule has 0 saturated carbocycles. The van der Waals surface area contributed by atoms with Crippen LogP contribution in [-0.4, -0.2) is 92.6 Å². The Balaban J connectivity index is 0.000000809. The van der Waals surface area contributed by atoms with E-state index in [0.29, 0.717) is 45.0 Å². The van der Waals surface area contributed by atoms with Gasteiger partial charge in [0.1, 0.15) is 0 Å². The van der Waals surface area contributed by atoms with Gasteiger partial charge in [0, 0.05) is 38.4 Å². The van der Waals surface area contributed by atoms with Crippen molar-refractivity contribution in [2.75, 3.05) is 54.6 Å². The lowest BCUT2D eigenvalue weighted by atomic mass is 10.1. The number of unbranched alkanes of at least 4 members (excludes halogenated alkanes) is 1. The Morgan fingerprint density at radius 2 is 1.64 bits per heavy atom. The van der Waals surface area contributed by atoms with Crippen molar-refractivity contribution in [3.63, 3.8) is 0 Å². The molecule has 15 heteroatoms. The fourth-order valence-electron chi connectivity index (χ4n) is 3.06. The zero-order chi connectivity index (χ0) is 27.5. The van der Waals surface area contributed by atoms with Gasteiger partial charge >= 0.3 is 18.1 Å². The lowest BCUT2D eigenvalue weighted by Crippen LogP contribution is -2.49. The first-order valence-corrected chi connectivity index (χ1v) is 12.8. The summed E-state index contributed by atoms with van der Waals surface area (Å²) in [5.41, 5.74) is 0.691. The van der Waals surface area contributed by atoms with Crippen LogP contribution in [0.5, 0.6) is 0 Å². The number of aromatic carboxylic acids is 1. The summed E-state index contributed by atoms with van der Waals surface area (Å²) < 4.78 is 57.6. The van der Waals surface area contributed by atoms with E-state index in [-0.39, 0.29) is 22.9 Å². The summed E-state index contributed by atoms with van der Waals surface area (Å²) in [5, 5.41) is 19.5. The molecule has 0 aliphatic carbocycles. The average Bonchev–Trinajstić information content (AvgIpc) is 2.79. The van der Waals surface area contributed by atoms with Crippen molar-refractivity contribution in [2.24, 2.45) is 0 Å². The van der Waals surface area contributed by atoms with Gasteiger partial charge in [0.05, 0.1) is 23.5 Å². The zero-order valence-electron chi connectivity index (χ0n) is 20.0. The highest BCUT2D eigenvalue weighted by atomic mass is 32.2. The van der Waals surface area contributed by atoms with Crippen LogP contribution in [-0.2, 0) is 19.6 Å². The van der Waals surface area contributed by atoms with E-state index in [0.717, 1.165) is 12.8 Å². The van der Waals surface area contributed by atoms with E-state index in [1.165, 1.54) is 19.1 Å². The number of nitrogens with one attached hydrogen (secondary N) is 2. The van der Waals surface area contributed by atoms with Gasteiger partial charge in [-0.05, 0) is 31.5 Å². The maximum atomic E-state index is 11.9. The minimum absolute atomic E-state index is 0.0209. The number of halogens is 3. The van der Waals surface area contributed by atoms with Gasteiger partial charge in [-0.3, -0.25) is 14.4 Å². The molecule has 1 fully saturated rings. The predicted molar refractivity (Wildman–Crippen MR) is 127 cm³/mol. The van der Waals surface area contributed by atoms with Crippen LogP contribution in [0.4, 0.5) is 24.5 Å². The number of sulfonamides is 1. The molecule has 0 unspecified atom stereocenters. The van der Waals surface area contributed by atoms with Crippen molar-refractivity contribution in [2.45, 2.75) is 32.9 Å². The molecule has 1 amide bonds. The van der Waals surface area contributed by atoms with Gasteiger partial charge in [0.15, 0.2) is 0 Å². The monoisotopic (exact) mass is 540 g/mol. The molecule has 1 aromatic rings. The lowest BCUT2D eigenvalue weighted by molar-refractivity contribution is -0.192. The van der Waals surface area contributed by atoms with E-state index < -0.39 is 28.1 Å². The molecule has 1 aromatic carbocycles. The Morgan fingerprint density at radius 3 is 2.11 bits per heavy atom. The maximum absolute atomic E-state index is 11.9. The second-order valence-corrected chi connectivity index (χ2v) is 9.82. The van der Waals surface area contributed by atoms with Gasteiger partial charge in [0.2, 0.25) is 15.9 Å². The van der Waals surface area contributed by atoms with Gasteiger partial charge < -0.3 is 20.4 Å². The van der Waals surface area contributed by atoms with Crippen molar-refractivity contribution in [1.29, 1.82) is 0 Å². The summed E-state index contributed by atoms with van der Waals surface area (Å²) in [5.74, 6) is -4.06. The number of benzene rings is 1. The number of piperazine rings is 1. The quantitative estimate of drug-likeness (QED) is 0.325. The molecule has 2 rings (SSSR count). The molecule has 0 radical (unpaired) electrons. The van der Waals surface area contributed by atoms with E-state index in [9.17, 15) is 36.3 Å². The highest BCUT2D eigenvalue weighted by Crippen LogP contribution is 2.25. The van der Waals surface area contributed by atoms with Gasteiger partial charge in [0.25, 0.3) is 0 Å². The van der Waals surface area contributed by atoms with Crippen molar-refractivity contribution in [3.05, 3.63) is 23.8 Å². The van der Waals surface area contributed by atoms with Gasteiger partial charge in [-0.15, -0.1) is 0 Å². The number of alkyl halides is 3. The molecular weight excluding hydrogens is 509 g/mol. The Labute approximate surface area is 207 Å². The number of amides is 1. The Hall–Kier alpha value is -3.07. The summed E-state index contributed by atoms with van der Waals surface area (Å²) in [6.07, 6.45) is -3.08. The normalized spacial score (nSPS) is 14.4. The van der Waals surface area contributed by atoms with E-state index in [1.807, 2.05) is 4.90 Å². The number of hydrogen-bond donors (Lipinski definition) is 4. The molecule has 0 aromatic heterocycles. The minimum Gasteiger partial charge on any atom is -0.478 e. The maximum Gasteiger partial charge on any atom is 0.490 e. The highest BCUT2D eigenvalue weighted by Gasteiger charge is 2.38. The second-order valence-electron chi connectivity index (χ2n) is 7.81. The van der Waals surface area contributed by atoms with Crippen LogP contribution >= 0.6 is 0 Å². The van der Waals surface area contributed by atoms with E-state index in [1.54, 1.807) is 6.07 Å². The molecule has 11 nitrogen and oxygen atoms in total. The fourth-order valence-corrected chi connectivity index (χ4v) is 3.72. The van der Waals surface area contributed by atoms with E-state index in [2.05, 4.69) is 21.9 Å². The summed E-state index contributed by atoms with van der Waals surface area (Å²) >= 11 is 0. The molecule has 204 valence electrons. The number of nitrogens with zero attached hydrogens (tertiary/aromatic N) is 2. The molecule has 1 saturated heterocycles. The van der Waals surface area contributed by atoms with Crippen molar-refractivity contribution in [3.8, 4) is 0 Å². The number of carbonyl (C=O) groups excluding carboxylic acids is 1. The molecule has 1 aliphatic rings. The zero-order valence-corrected chi connectivity index (χ0v) is 20.8. The van der Waals surface area contributed by atoms with E-state index >= 15 is 0 Å². The largest absolute Gasteiger partial charge is 0.490 e. The number of aliphatic carboxylic acids is 1. The predicted octanol–water partition coefficient (Wildman–Crippen LogP) is 1.82. The molecule has 1 heterocycles. The van der Waals surface area contributed by atoms with Crippen LogP contribution in [0.1, 0.15) is 37.0 Å². The molecule has 1 aliphatic heterocycles. The Bertz CT molecular complexity index is 1010. The second kappa shape index (κ2) is 13.9. The van der Waals surface area contributed by atoms with Gasteiger partial charge in [-0.25, -0.2) is 18.0 Å². The Morgan fingerprint density at radius 1 is 1.06 bits per heavy atom. The smallest absolute Gasteiger partial charge is 0.478 e. The number of hydrogen-bond acceptors (Lipinski definition) is 7. The number of anilines is 2. The first-order chi connectivity index (χ1) is 16.7. The van der Waals surface area contributed by atoms with Gasteiger partial charge in [-0.2, -0.15) is 13.2 Å². The van der Waals surface area contributed by atoms with Crippen LogP contribution in [0.2, 0.25) is 0 Å². The third-order valence-corrected chi connectivity index (χ3v) is 6.37. The van der Waals surface area contributed by atoms with Crippen molar-refractivity contribution >= 4 is 39.2 Å². The van der Waals surface area contributed by atoms with E-state index in [4.69, 9.17) is 9.90 Å². The summed E-state index contributed by atoms with van der Waals surface area (Å²) in [4.78, 5) is 36.6. The SMILES string of the molecule is CCCCNC(=O)CN1CCN(c2ccc(NS(=O)(=O)CC)c(C(=O)O)c2)CC1.O=C(O)C(F)(F)F.